The molecule has 120 valence electrons. The Balaban J connectivity index is 2.54. The van der Waals surface area contributed by atoms with Crippen molar-refractivity contribution in [3.63, 3.8) is 0 Å². The molecule has 23 heavy (non-hydrogen) atoms. The minimum absolute atomic E-state index is 0.0806. The summed E-state index contributed by atoms with van der Waals surface area (Å²) in [7, 11) is -4.17. The minimum Gasteiger partial charge on any atom is -0.305 e. The smallest absolute Gasteiger partial charge is 0.264 e. The Morgan fingerprint density at radius 2 is 2.13 bits per heavy atom. The number of fused-ring (bicyclic) bond motifs is 1. The third-order valence-corrected chi connectivity index (χ3v) is 5.41. The maximum absolute atomic E-state index is 13.3. The van der Waals surface area contributed by atoms with Crippen molar-refractivity contribution in [1.82, 2.24) is 4.57 Å². The normalized spacial score (nSPS) is 12.3. The zero-order valence-electron chi connectivity index (χ0n) is 11.9. The van der Waals surface area contributed by atoms with Crippen LogP contribution in [0.3, 0.4) is 0 Å². The van der Waals surface area contributed by atoms with Crippen LogP contribution in [0.15, 0.2) is 23.2 Å². The van der Waals surface area contributed by atoms with Gasteiger partial charge in [0.1, 0.15) is 11.6 Å². The Hall–Kier alpha value is -2.31. The maximum atomic E-state index is 13.3. The van der Waals surface area contributed by atoms with Gasteiger partial charge < -0.3 is 4.57 Å². The van der Waals surface area contributed by atoms with E-state index in [-0.39, 0.29) is 11.3 Å². The van der Waals surface area contributed by atoms with Crippen molar-refractivity contribution in [1.29, 1.82) is 0 Å². The average molecular weight is 354 g/mol. The van der Waals surface area contributed by atoms with E-state index in [1.807, 2.05) is 0 Å². The van der Waals surface area contributed by atoms with Gasteiger partial charge in [-0.3, -0.25) is 9.59 Å². The van der Waals surface area contributed by atoms with Gasteiger partial charge in [0.05, 0.1) is 16.8 Å². The van der Waals surface area contributed by atoms with Crippen molar-refractivity contribution in [3.05, 3.63) is 28.8 Å². The lowest BCUT2D eigenvalue weighted by Gasteiger charge is -1.99. The van der Waals surface area contributed by atoms with E-state index in [1.165, 1.54) is 22.8 Å². The second-order valence-electron chi connectivity index (χ2n) is 4.54. The average Bonchev–Trinajstić information content (AvgIpc) is 2.75. The predicted molar refractivity (Wildman–Crippen MR) is 83.6 cm³/mol. The zero-order chi connectivity index (χ0) is 17.2. The summed E-state index contributed by atoms with van der Waals surface area (Å²) in [5, 5.41) is -1.10. The van der Waals surface area contributed by atoms with Crippen LogP contribution in [0.25, 0.3) is 10.2 Å². The van der Waals surface area contributed by atoms with E-state index < -0.39 is 32.4 Å². The third kappa shape index (κ3) is 3.72. The summed E-state index contributed by atoms with van der Waals surface area (Å²) in [6.07, 6.45) is 5.27. The molecule has 0 N–H and O–H groups in total. The van der Waals surface area contributed by atoms with Gasteiger partial charge >= 0.3 is 0 Å². The highest BCUT2D eigenvalue weighted by Gasteiger charge is 2.21. The van der Waals surface area contributed by atoms with Gasteiger partial charge in [0.15, 0.2) is 4.80 Å². The molecule has 0 fully saturated rings. The minimum atomic E-state index is -4.17. The molecule has 0 bridgehead atoms. The lowest BCUT2D eigenvalue weighted by atomic mass is 10.3. The number of terminal acetylenes is 1. The van der Waals surface area contributed by atoms with Crippen LogP contribution in [0.2, 0.25) is 0 Å². The van der Waals surface area contributed by atoms with Crippen LogP contribution in [0, 0.1) is 18.2 Å². The molecule has 1 aromatic heterocycles. The van der Waals surface area contributed by atoms with Crippen LogP contribution in [0.1, 0.15) is 6.92 Å². The van der Waals surface area contributed by atoms with E-state index in [1.54, 1.807) is 0 Å². The van der Waals surface area contributed by atoms with Gasteiger partial charge in [-0.05, 0) is 18.2 Å². The highest BCUT2D eigenvalue weighted by molar-refractivity contribution is 8.06. The predicted octanol–water partition coefficient (Wildman–Crippen LogP) is 0.864. The number of thiazole rings is 1. The number of halogens is 1. The molecule has 2 rings (SSSR count). The lowest BCUT2D eigenvalue weighted by Crippen LogP contribution is -2.23. The molecule has 0 unspecified atom stereocenters. The van der Waals surface area contributed by atoms with Crippen molar-refractivity contribution in [2.45, 2.75) is 13.5 Å². The van der Waals surface area contributed by atoms with Gasteiger partial charge in [-0.15, -0.1) is 6.42 Å². The molecule has 0 atom stereocenters. The fourth-order valence-corrected chi connectivity index (χ4v) is 3.44. The summed E-state index contributed by atoms with van der Waals surface area (Å²) >= 11 is 1.00. The molecule has 1 aromatic carbocycles. The number of aromatic nitrogens is 1. The fraction of sp³-hybridized carbons (Fsp3) is 0.214. The quantitative estimate of drug-likeness (QED) is 0.765. The number of amides is 1. The van der Waals surface area contributed by atoms with E-state index in [0.29, 0.717) is 10.2 Å². The van der Waals surface area contributed by atoms with Gasteiger partial charge in [-0.25, -0.2) is 12.8 Å². The van der Waals surface area contributed by atoms with Crippen LogP contribution < -0.4 is 4.80 Å². The Morgan fingerprint density at radius 1 is 1.43 bits per heavy atom. The molecule has 2 aromatic rings. The first-order chi connectivity index (χ1) is 10.7. The number of hydrogen-bond donors (Lipinski definition) is 0. The largest absolute Gasteiger partial charge is 0.305 e. The summed E-state index contributed by atoms with van der Waals surface area (Å²) in [4.78, 5) is 26.6. The number of hydrogen-bond acceptors (Lipinski definition) is 5. The van der Waals surface area contributed by atoms with E-state index in [9.17, 15) is 22.4 Å². The first kappa shape index (κ1) is 17.1. The van der Waals surface area contributed by atoms with Crippen molar-refractivity contribution < 1.29 is 22.4 Å². The highest BCUT2D eigenvalue weighted by atomic mass is 32.2. The summed E-state index contributed by atoms with van der Waals surface area (Å²) in [6.45, 7) is 0.945. The van der Waals surface area contributed by atoms with Crippen molar-refractivity contribution in [3.8, 4) is 12.3 Å². The number of carbonyl (C=O) groups is 2. The molecule has 0 aliphatic heterocycles. The van der Waals surface area contributed by atoms with Gasteiger partial charge in [-0.2, -0.15) is 4.99 Å². The number of rotatable bonds is 3. The van der Waals surface area contributed by atoms with E-state index in [4.69, 9.17) is 6.42 Å². The van der Waals surface area contributed by atoms with Crippen LogP contribution in [-0.4, -0.2) is 29.8 Å². The van der Waals surface area contributed by atoms with Gasteiger partial charge in [0.25, 0.3) is 5.91 Å². The molecule has 0 aliphatic rings. The topological polar surface area (TPSA) is 85.6 Å². The Labute approximate surface area is 135 Å². The Bertz CT molecular complexity index is 1010. The molecular weight excluding hydrogens is 343 g/mol. The number of sulfone groups is 1. The molecule has 0 spiro atoms. The molecule has 0 aliphatic carbocycles. The zero-order valence-corrected chi connectivity index (χ0v) is 13.6. The molecule has 1 amide bonds. The van der Waals surface area contributed by atoms with E-state index in [2.05, 4.69) is 10.9 Å². The second-order valence-corrected chi connectivity index (χ2v) is 7.65. The van der Waals surface area contributed by atoms with Crippen molar-refractivity contribution in [2.24, 2.45) is 4.99 Å². The molecule has 6 nitrogen and oxygen atoms in total. The standard InChI is InChI=1S/C14H11FN2O4S2/c1-3-6-17-11-5-4-10(15)7-12(11)22-14(17)16-13(19)8-23(20,21)9(2)18/h1,4-5,7H,6,8H2,2H3. The SMILES string of the molecule is C#CCn1c(=NC(=O)CS(=O)(=O)C(C)=O)sc2cc(F)ccc21. The van der Waals surface area contributed by atoms with Crippen LogP contribution in [-0.2, 0) is 26.0 Å². The Morgan fingerprint density at radius 3 is 2.74 bits per heavy atom. The van der Waals surface area contributed by atoms with E-state index in [0.717, 1.165) is 18.3 Å². The Kier molecular flexibility index (Phi) is 4.77. The molecule has 0 radical (unpaired) electrons. The summed E-state index contributed by atoms with van der Waals surface area (Å²) < 4.78 is 38.2. The molecule has 0 saturated heterocycles. The second kappa shape index (κ2) is 6.44. The summed E-state index contributed by atoms with van der Waals surface area (Å²) in [5.41, 5.74) is 0.579. The number of nitrogens with zero attached hydrogens (tertiary/aromatic N) is 2. The van der Waals surface area contributed by atoms with Crippen LogP contribution >= 0.6 is 11.3 Å². The van der Waals surface area contributed by atoms with Gasteiger partial charge in [0, 0.05) is 6.92 Å². The summed E-state index contributed by atoms with van der Waals surface area (Å²) in [5.74, 6) is -0.0666. The monoisotopic (exact) mass is 354 g/mol. The highest BCUT2D eigenvalue weighted by Crippen LogP contribution is 2.18. The van der Waals surface area contributed by atoms with Gasteiger partial charge in [0.2, 0.25) is 15.0 Å². The van der Waals surface area contributed by atoms with E-state index >= 15 is 0 Å². The van der Waals surface area contributed by atoms with Crippen molar-refractivity contribution in [2.75, 3.05) is 5.75 Å². The number of benzene rings is 1. The molecule has 0 saturated carbocycles. The first-order valence-electron chi connectivity index (χ1n) is 6.28. The molecule has 1 heterocycles. The molecule has 9 heteroatoms. The van der Waals surface area contributed by atoms with Gasteiger partial charge in [-0.1, -0.05) is 17.3 Å². The lowest BCUT2D eigenvalue weighted by molar-refractivity contribution is -0.116. The summed E-state index contributed by atoms with van der Waals surface area (Å²) in [6, 6.07) is 4.00. The van der Waals surface area contributed by atoms with Crippen molar-refractivity contribution >= 4 is 42.4 Å². The molecular formula is C14H11FN2O4S2. The van der Waals surface area contributed by atoms with Crippen LogP contribution in [0.5, 0.6) is 0 Å². The maximum Gasteiger partial charge on any atom is 0.264 e. The third-order valence-electron chi connectivity index (χ3n) is 2.87. The first-order valence-corrected chi connectivity index (χ1v) is 8.74. The number of carbonyl (C=O) groups excluding carboxylic acids is 2. The van der Waals surface area contributed by atoms with Crippen LogP contribution in [0.4, 0.5) is 4.39 Å². The fourth-order valence-electron chi connectivity index (χ4n) is 1.78.